The zero-order valence-electron chi connectivity index (χ0n) is 12.3. The number of phenolic OH excluding ortho intramolecular Hbond substituents is 1. The van der Waals surface area contributed by atoms with E-state index in [9.17, 15) is 5.11 Å². The molecule has 1 aromatic carbocycles. The van der Waals surface area contributed by atoms with Crippen molar-refractivity contribution in [1.29, 1.82) is 0 Å². The lowest BCUT2D eigenvalue weighted by Gasteiger charge is -2.35. The summed E-state index contributed by atoms with van der Waals surface area (Å²) in [5, 5.41) is 9.28. The van der Waals surface area contributed by atoms with Gasteiger partial charge in [0.15, 0.2) is 0 Å². The molecule has 0 saturated heterocycles. The highest BCUT2D eigenvalue weighted by atomic mass is 16.3. The lowest BCUT2D eigenvalue weighted by Crippen LogP contribution is -2.40. The van der Waals surface area contributed by atoms with Crippen LogP contribution in [0.2, 0.25) is 0 Å². The van der Waals surface area contributed by atoms with Gasteiger partial charge in [0.25, 0.3) is 0 Å². The van der Waals surface area contributed by atoms with E-state index in [1.165, 1.54) is 44.1 Å². The number of benzene rings is 1. The number of aryl methyl sites for hydroxylation is 1. The van der Waals surface area contributed by atoms with Crippen molar-refractivity contribution in [2.24, 2.45) is 0 Å². The molecule has 1 aliphatic carbocycles. The van der Waals surface area contributed by atoms with Crippen LogP contribution in [0.3, 0.4) is 0 Å². The van der Waals surface area contributed by atoms with Crippen molar-refractivity contribution in [1.82, 2.24) is 4.90 Å². The maximum absolute atomic E-state index is 9.28. The summed E-state index contributed by atoms with van der Waals surface area (Å²) in [7, 11) is 2.29. The Balaban J connectivity index is 1.79. The molecular weight excluding hydrogens is 234 g/mol. The zero-order valence-corrected chi connectivity index (χ0v) is 12.3. The van der Waals surface area contributed by atoms with Crippen LogP contribution in [0.1, 0.15) is 51.0 Å². The summed E-state index contributed by atoms with van der Waals surface area (Å²) in [6.45, 7) is 2.34. The molecule has 2 nitrogen and oxygen atoms in total. The molecule has 0 amide bonds. The van der Waals surface area contributed by atoms with Crippen LogP contribution in [-0.4, -0.2) is 29.1 Å². The number of rotatable bonds is 5. The molecule has 106 valence electrons. The first-order chi connectivity index (χ1) is 9.16. The normalized spacial score (nSPS) is 18.7. The molecule has 1 N–H and O–H groups in total. The quantitative estimate of drug-likeness (QED) is 0.866. The monoisotopic (exact) mass is 261 g/mol. The second-order valence-electron chi connectivity index (χ2n) is 6.01. The van der Waals surface area contributed by atoms with Crippen LogP contribution in [0.15, 0.2) is 24.3 Å². The molecule has 1 atom stereocenters. The average Bonchev–Trinajstić information content (AvgIpc) is 2.46. The van der Waals surface area contributed by atoms with E-state index >= 15 is 0 Å². The van der Waals surface area contributed by atoms with Gasteiger partial charge in [-0.1, -0.05) is 31.4 Å². The number of aromatic hydroxyl groups is 1. The molecule has 1 unspecified atom stereocenters. The van der Waals surface area contributed by atoms with Crippen molar-refractivity contribution >= 4 is 0 Å². The lowest BCUT2D eigenvalue weighted by atomic mass is 9.93. The first kappa shape index (κ1) is 14.4. The van der Waals surface area contributed by atoms with E-state index in [0.29, 0.717) is 11.8 Å². The highest BCUT2D eigenvalue weighted by Crippen LogP contribution is 2.24. The van der Waals surface area contributed by atoms with E-state index < -0.39 is 0 Å². The van der Waals surface area contributed by atoms with Crippen LogP contribution in [0, 0.1) is 0 Å². The van der Waals surface area contributed by atoms with Gasteiger partial charge in [-0.2, -0.15) is 0 Å². The van der Waals surface area contributed by atoms with Crippen LogP contribution >= 0.6 is 0 Å². The summed E-state index contributed by atoms with van der Waals surface area (Å²) < 4.78 is 0. The van der Waals surface area contributed by atoms with Crippen molar-refractivity contribution in [2.45, 2.75) is 64.0 Å². The molecule has 0 heterocycles. The fourth-order valence-electron chi connectivity index (χ4n) is 3.09. The van der Waals surface area contributed by atoms with Gasteiger partial charge in [-0.15, -0.1) is 0 Å². The predicted octanol–water partition coefficient (Wildman–Crippen LogP) is 3.98. The fourth-order valence-corrected chi connectivity index (χ4v) is 3.09. The number of hydrogen-bond donors (Lipinski definition) is 1. The molecule has 2 heteroatoms. The molecular formula is C17H27NO. The first-order valence-electron chi connectivity index (χ1n) is 7.66. The second-order valence-corrected chi connectivity index (χ2v) is 6.01. The summed E-state index contributed by atoms with van der Waals surface area (Å²) in [6.07, 6.45) is 9.27. The Kier molecular flexibility index (Phi) is 5.26. The van der Waals surface area contributed by atoms with Gasteiger partial charge in [0, 0.05) is 12.1 Å². The Morgan fingerprint density at radius 1 is 1.16 bits per heavy atom. The van der Waals surface area contributed by atoms with Gasteiger partial charge >= 0.3 is 0 Å². The largest absolute Gasteiger partial charge is 0.508 e. The second kappa shape index (κ2) is 6.95. The Bertz CT molecular complexity index is 367. The Hall–Kier alpha value is -1.02. The van der Waals surface area contributed by atoms with Gasteiger partial charge in [-0.05, 0) is 57.4 Å². The van der Waals surface area contributed by atoms with Gasteiger partial charge in [-0.25, -0.2) is 0 Å². The van der Waals surface area contributed by atoms with Crippen molar-refractivity contribution in [3.8, 4) is 5.75 Å². The van der Waals surface area contributed by atoms with E-state index in [0.717, 1.165) is 12.5 Å². The van der Waals surface area contributed by atoms with Crippen LogP contribution < -0.4 is 0 Å². The SMILES string of the molecule is CC(CCc1ccc(O)cc1)N(C)C1CCCCC1. The first-order valence-corrected chi connectivity index (χ1v) is 7.66. The molecule has 0 radical (unpaired) electrons. The molecule has 1 fully saturated rings. The molecule has 1 saturated carbocycles. The van der Waals surface area contributed by atoms with Crippen molar-refractivity contribution in [2.75, 3.05) is 7.05 Å². The van der Waals surface area contributed by atoms with Gasteiger partial charge in [-0.3, -0.25) is 0 Å². The third-order valence-corrected chi connectivity index (χ3v) is 4.63. The van der Waals surface area contributed by atoms with E-state index in [4.69, 9.17) is 0 Å². The van der Waals surface area contributed by atoms with Crippen molar-refractivity contribution in [3.63, 3.8) is 0 Å². The number of phenols is 1. The van der Waals surface area contributed by atoms with Gasteiger partial charge < -0.3 is 10.0 Å². The third-order valence-electron chi connectivity index (χ3n) is 4.63. The Morgan fingerprint density at radius 2 is 1.79 bits per heavy atom. The van der Waals surface area contributed by atoms with Crippen molar-refractivity contribution < 1.29 is 5.11 Å². The van der Waals surface area contributed by atoms with Crippen LogP contribution in [0.25, 0.3) is 0 Å². The van der Waals surface area contributed by atoms with E-state index in [2.05, 4.69) is 18.9 Å². The third kappa shape index (κ3) is 4.24. The lowest BCUT2D eigenvalue weighted by molar-refractivity contribution is 0.140. The van der Waals surface area contributed by atoms with Gasteiger partial charge in [0.05, 0.1) is 0 Å². The van der Waals surface area contributed by atoms with E-state index in [-0.39, 0.29) is 0 Å². The minimum Gasteiger partial charge on any atom is -0.508 e. The zero-order chi connectivity index (χ0) is 13.7. The average molecular weight is 261 g/mol. The fraction of sp³-hybridized carbons (Fsp3) is 0.647. The Labute approximate surface area is 117 Å². The van der Waals surface area contributed by atoms with Crippen LogP contribution in [-0.2, 0) is 6.42 Å². The van der Waals surface area contributed by atoms with Gasteiger partial charge in [0.2, 0.25) is 0 Å². The molecule has 19 heavy (non-hydrogen) atoms. The van der Waals surface area contributed by atoms with Crippen LogP contribution in [0.5, 0.6) is 5.75 Å². The van der Waals surface area contributed by atoms with Gasteiger partial charge in [0.1, 0.15) is 5.75 Å². The molecule has 2 rings (SSSR count). The van der Waals surface area contributed by atoms with E-state index in [1.54, 1.807) is 12.1 Å². The summed E-state index contributed by atoms with van der Waals surface area (Å²) in [4.78, 5) is 2.58. The summed E-state index contributed by atoms with van der Waals surface area (Å²) in [5.74, 6) is 0.358. The molecule has 0 aromatic heterocycles. The molecule has 1 aliphatic rings. The number of nitrogens with zero attached hydrogens (tertiary/aromatic N) is 1. The smallest absolute Gasteiger partial charge is 0.115 e. The van der Waals surface area contributed by atoms with Crippen LogP contribution in [0.4, 0.5) is 0 Å². The highest BCUT2D eigenvalue weighted by molar-refractivity contribution is 5.25. The molecule has 0 aliphatic heterocycles. The topological polar surface area (TPSA) is 23.5 Å². The maximum Gasteiger partial charge on any atom is 0.115 e. The number of hydrogen-bond acceptors (Lipinski definition) is 2. The molecule has 0 bridgehead atoms. The standard InChI is InChI=1S/C17H27NO/c1-14(18(2)16-6-4-3-5-7-16)8-9-15-10-12-17(19)13-11-15/h10-14,16,19H,3-9H2,1-2H3. The minimum atomic E-state index is 0.358. The summed E-state index contributed by atoms with van der Waals surface area (Å²) in [5.41, 5.74) is 1.32. The van der Waals surface area contributed by atoms with E-state index in [1.807, 2.05) is 12.1 Å². The molecule has 0 spiro atoms. The Morgan fingerprint density at radius 3 is 2.42 bits per heavy atom. The summed E-state index contributed by atoms with van der Waals surface area (Å²) in [6, 6.07) is 9.06. The molecule has 1 aromatic rings. The maximum atomic E-state index is 9.28. The minimum absolute atomic E-state index is 0.358. The predicted molar refractivity (Wildman–Crippen MR) is 80.5 cm³/mol. The van der Waals surface area contributed by atoms with Crippen molar-refractivity contribution in [3.05, 3.63) is 29.8 Å². The highest BCUT2D eigenvalue weighted by Gasteiger charge is 2.21. The summed E-state index contributed by atoms with van der Waals surface area (Å²) >= 11 is 0.